The first-order chi connectivity index (χ1) is 26.8. The van der Waals surface area contributed by atoms with Gasteiger partial charge in [0.25, 0.3) is 0 Å². The number of hydrogen-bond donors (Lipinski definition) is 0. The third-order valence-electron chi connectivity index (χ3n) is 11.9. The van der Waals surface area contributed by atoms with Crippen LogP contribution < -0.4 is 24.8 Å². The SMILES string of the molecule is [2H]c1ccccc1-c1ccc2c(c1)[CH]([Zr+2]([C]1=CC=CC1)=[C](C(C)(C)c1ccccc1)C(C)(C)c1ccccc1)c1cc(-c3ccccc3[2H])c(C(C)(C)C)cc1-2.[Cl-].[Cl-]. The molecule has 0 N–H and O–H groups in total. The Hall–Kier alpha value is -3.87. The summed E-state index contributed by atoms with van der Waals surface area (Å²) in [7, 11) is 0. The molecule has 2 aliphatic rings. The van der Waals surface area contributed by atoms with E-state index in [4.69, 9.17) is 2.74 Å². The number of benzene rings is 6. The zero-order chi connectivity index (χ0) is 39.4. The van der Waals surface area contributed by atoms with Gasteiger partial charge in [-0.25, -0.2) is 0 Å². The molecule has 1 atom stereocenters. The average molecular weight is 853 g/mol. The van der Waals surface area contributed by atoms with Gasteiger partial charge in [-0.1, -0.05) is 0 Å². The summed E-state index contributed by atoms with van der Waals surface area (Å²) in [5.41, 5.74) is 13.0. The Bertz CT molecular complexity index is 2500. The molecule has 3 heteroatoms. The first kappa shape index (κ1) is 39.0. The van der Waals surface area contributed by atoms with Crippen LogP contribution in [0.2, 0.25) is 0 Å². The van der Waals surface area contributed by atoms with Crippen molar-refractivity contribution < 1.29 is 48.8 Å². The molecule has 0 bridgehead atoms. The van der Waals surface area contributed by atoms with E-state index in [0.29, 0.717) is 12.1 Å². The van der Waals surface area contributed by atoms with E-state index in [-0.39, 0.29) is 44.7 Å². The molecule has 0 radical (unpaired) electrons. The van der Waals surface area contributed by atoms with Crippen LogP contribution in [0, 0.1) is 0 Å². The molecule has 2 aliphatic carbocycles. The first-order valence-corrected chi connectivity index (χ1v) is 23.3. The van der Waals surface area contributed by atoms with Gasteiger partial charge in [-0.15, -0.1) is 0 Å². The van der Waals surface area contributed by atoms with Crippen LogP contribution >= 0.6 is 0 Å². The van der Waals surface area contributed by atoms with Gasteiger partial charge in [0.15, 0.2) is 0 Å². The summed E-state index contributed by atoms with van der Waals surface area (Å²) in [6.07, 6.45) is 8.12. The van der Waals surface area contributed by atoms with Crippen LogP contribution in [0.15, 0.2) is 173 Å². The Morgan fingerprint density at radius 1 is 0.554 bits per heavy atom. The first-order valence-electron chi connectivity index (χ1n) is 20.5. The van der Waals surface area contributed by atoms with Crippen molar-refractivity contribution in [3.8, 4) is 33.4 Å². The zero-order valence-electron chi connectivity index (χ0n) is 35.6. The zero-order valence-corrected chi connectivity index (χ0v) is 37.5. The summed E-state index contributed by atoms with van der Waals surface area (Å²) in [4.78, 5) is 0. The molecule has 282 valence electrons. The fraction of sp³-hybridized carbons (Fsp3) is 0.226. The van der Waals surface area contributed by atoms with E-state index in [0.717, 1.165) is 23.1 Å². The molecule has 0 spiro atoms. The van der Waals surface area contributed by atoms with E-state index in [1.807, 2.05) is 24.3 Å². The number of hydrogen-bond acceptors (Lipinski definition) is 0. The summed E-state index contributed by atoms with van der Waals surface area (Å²) >= 11 is -3.14. The fourth-order valence-corrected chi connectivity index (χ4v) is 20.0. The Labute approximate surface area is 358 Å². The van der Waals surface area contributed by atoms with Crippen molar-refractivity contribution in [2.75, 3.05) is 0 Å². The standard InChI is InChI=1S/C29H25.C19H22.C5H5.2ClH.Zr/c1-29(2,3)28-19-26-24(18-27(28)21-12-8-5-9-13-21)17-23-16-22(14-15-25(23)26)20-10-6-4-7-11-20;1-18(2,16-11-7-5-8-12-16)15-19(3,4)17-13-9-6-10-14-17;1-2-4-5-3-1;;;/h4-19H,1-3H3;5-14H,1-4H3;1-3H,4H2;2*1H;/q;;;;;+2/p-2/i10D,12D;;;;;. The molecule has 56 heavy (non-hydrogen) atoms. The number of rotatable bonds is 8. The van der Waals surface area contributed by atoms with E-state index in [1.54, 1.807) is 6.49 Å². The molecule has 8 rings (SSSR count). The molecular weight excluding hydrogens is 799 g/mol. The minimum absolute atomic E-state index is 0. The summed E-state index contributed by atoms with van der Waals surface area (Å²) in [5, 5.41) is 0. The minimum atomic E-state index is -3.14. The van der Waals surface area contributed by atoms with Gasteiger partial charge in [-0.2, -0.15) is 0 Å². The number of halogens is 2. The molecule has 6 aromatic carbocycles. The molecular formula is C53H52Cl2Zr. The summed E-state index contributed by atoms with van der Waals surface area (Å²) < 4.78 is 21.6. The van der Waals surface area contributed by atoms with Gasteiger partial charge in [-0.05, 0) is 0 Å². The smallest absolute Gasteiger partial charge is 1.00 e. The Kier molecular flexibility index (Phi) is 11.5. The van der Waals surface area contributed by atoms with Crippen molar-refractivity contribution in [2.24, 2.45) is 0 Å². The van der Waals surface area contributed by atoms with Crippen molar-refractivity contribution in [1.29, 1.82) is 0 Å². The van der Waals surface area contributed by atoms with Crippen LogP contribution in [0.4, 0.5) is 0 Å². The van der Waals surface area contributed by atoms with Gasteiger partial charge in [0, 0.05) is 0 Å². The Morgan fingerprint density at radius 3 is 1.62 bits per heavy atom. The van der Waals surface area contributed by atoms with Gasteiger partial charge >= 0.3 is 336 Å². The van der Waals surface area contributed by atoms with Crippen molar-refractivity contribution in [2.45, 2.75) is 74.8 Å². The molecule has 0 heterocycles. The summed E-state index contributed by atoms with van der Waals surface area (Å²) in [6, 6.07) is 51.7. The fourth-order valence-electron chi connectivity index (χ4n) is 9.35. The number of fused-ring (bicyclic) bond motifs is 3. The minimum Gasteiger partial charge on any atom is -1.00 e. The topological polar surface area (TPSA) is 0 Å². The van der Waals surface area contributed by atoms with Gasteiger partial charge in [0.2, 0.25) is 0 Å². The third-order valence-corrected chi connectivity index (χ3v) is 21.9. The van der Waals surface area contributed by atoms with Crippen LogP contribution in [0.3, 0.4) is 0 Å². The molecule has 0 aromatic heterocycles. The van der Waals surface area contributed by atoms with Crippen LogP contribution in [-0.4, -0.2) is 3.21 Å². The maximum atomic E-state index is 9.14. The molecule has 0 fully saturated rings. The molecule has 0 nitrogen and oxygen atoms in total. The van der Waals surface area contributed by atoms with E-state index in [9.17, 15) is 0 Å². The average Bonchev–Trinajstić information content (AvgIpc) is 3.83. The molecule has 6 aromatic rings. The molecule has 0 aliphatic heterocycles. The van der Waals surface area contributed by atoms with Gasteiger partial charge in [-0.3, -0.25) is 0 Å². The van der Waals surface area contributed by atoms with Crippen molar-refractivity contribution in [3.05, 3.63) is 201 Å². The van der Waals surface area contributed by atoms with Crippen LogP contribution in [0.25, 0.3) is 33.4 Å². The maximum absolute atomic E-state index is 9.14. The van der Waals surface area contributed by atoms with Crippen molar-refractivity contribution in [3.63, 3.8) is 0 Å². The van der Waals surface area contributed by atoms with Crippen molar-refractivity contribution in [1.82, 2.24) is 0 Å². The Morgan fingerprint density at radius 2 is 1.09 bits per heavy atom. The Balaban J connectivity index is 0.00000283. The van der Waals surface area contributed by atoms with Crippen LogP contribution in [-0.2, 0) is 37.5 Å². The maximum Gasteiger partial charge on any atom is -1.00 e. The van der Waals surface area contributed by atoms with E-state index in [2.05, 4.69) is 182 Å². The molecule has 1 unspecified atom stereocenters. The third kappa shape index (κ3) is 7.61. The van der Waals surface area contributed by atoms with Gasteiger partial charge in [0.1, 0.15) is 0 Å². The van der Waals surface area contributed by atoms with Crippen LogP contribution in [0.5, 0.6) is 0 Å². The largest absolute Gasteiger partial charge is 1.00 e. The predicted molar refractivity (Wildman–Crippen MR) is 229 cm³/mol. The second kappa shape index (κ2) is 16.5. The van der Waals surface area contributed by atoms with E-state index < -0.39 is 21.3 Å². The predicted octanol–water partition coefficient (Wildman–Crippen LogP) is 7.99. The summed E-state index contributed by atoms with van der Waals surface area (Å²) in [5.74, 6) is 0. The number of allylic oxidation sites excluding steroid dienone is 4. The van der Waals surface area contributed by atoms with Gasteiger partial charge in [0.05, 0.1) is 0 Å². The quantitative estimate of drug-likeness (QED) is 0.146. The second-order valence-corrected chi connectivity index (χ2v) is 23.4. The normalized spacial score (nSPS) is 14.9. The van der Waals surface area contributed by atoms with Crippen LogP contribution in [0.1, 0.15) is 89.1 Å². The molecule has 0 saturated heterocycles. The summed E-state index contributed by atoms with van der Waals surface area (Å²) in [6.45, 7) is 16.9. The monoisotopic (exact) mass is 850 g/mol. The van der Waals surface area contributed by atoms with Crippen molar-refractivity contribution >= 4 is 3.21 Å². The van der Waals surface area contributed by atoms with Gasteiger partial charge < -0.3 is 24.8 Å². The molecule has 0 saturated carbocycles. The second-order valence-electron chi connectivity index (χ2n) is 17.1. The molecule has 0 amide bonds. The van der Waals surface area contributed by atoms with E-state index >= 15 is 0 Å². The van der Waals surface area contributed by atoms with E-state index in [1.165, 1.54) is 44.5 Å².